The first kappa shape index (κ1) is 8.11. The Hall–Kier alpha value is -2.23. The van der Waals surface area contributed by atoms with Crippen molar-refractivity contribution in [1.82, 2.24) is 20.4 Å². The van der Waals surface area contributed by atoms with E-state index < -0.39 is 0 Å². The third kappa shape index (κ3) is 1.36. The van der Waals surface area contributed by atoms with Crippen LogP contribution in [0.15, 0.2) is 42.5 Å². The number of hydrogen-bond donors (Lipinski definition) is 1. The minimum atomic E-state index is 0.649. The second kappa shape index (κ2) is 3.16. The van der Waals surface area contributed by atoms with E-state index in [9.17, 15) is 0 Å². The van der Waals surface area contributed by atoms with Gasteiger partial charge in [-0.1, -0.05) is 35.5 Å². The Morgan fingerprint density at radius 2 is 1.80 bits per heavy atom. The normalized spacial score (nSPS) is 10.7. The minimum Gasteiger partial charge on any atom is -0.256 e. The van der Waals surface area contributed by atoms with Crippen LogP contribution in [-0.2, 0) is 0 Å². The molecular weight excluding hydrogens is 188 g/mol. The van der Waals surface area contributed by atoms with Gasteiger partial charge < -0.3 is 0 Å². The molecule has 0 fully saturated rings. The van der Waals surface area contributed by atoms with Gasteiger partial charge in [-0.3, -0.25) is 5.10 Å². The average molecular weight is 196 g/mol. The number of pyridine rings is 1. The number of hydrogen-bond acceptors (Lipinski definition) is 3. The smallest absolute Gasteiger partial charge is 0.202 e. The number of nitrogens with one attached hydrogen (secondary N) is 1. The molecule has 15 heavy (non-hydrogen) atoms. The lowest BCUT2D eigenvalue weighted by atomic mass is 10.1. The fourth-order valence-corrected chi connectivity index (χ4v) is 1.51. The van der Waals surface area contributed by atoms with Crippen molar-refractivity contribution < 1.29 is 0 Å². The van der Waals surface area contributed by atoms with Crippen LogP contribution < -0.4 is 0 Å². The van der Waals surface area contributed by atoms with E-state index in [0.717, 1.165) is 16.8 Å². The van der Waals surface area contributed by atoms with E-state index in [1.165, 1.54) is 0 Å². The lowest BCUT2D eigenvalue weighted by Crippen LogP contribution is -1.83. The van der Waals surface area contributed by atoms with Gasteiger partial charge in [-0.05, 0) is 12.1 Å². The van der Waals surface area contributed by atoms with Gasteiger partial charge in [-0.2, -0.15) is 0 Å². The quantitative estimate of drug-likeness (QED) is 0.647. The van der Waals surface area contributed by atoms with Crippen molar-refractivity contribution in [3.63, 3.8) is 0 Å². The summed E-state index contributed by atoms with van der Waals surface area (Å²) in [5, 5.41) is 10.4. The Bertz CT molecular complexity index is 586. The number of rotatable bonds is 1. The van der Waals surface area contributed by atoms with Crippen LogP contribution in [-0.4, -0.2) is 20.4 Å². The van der Waals surface area contributed by atoms with Crippen molar-refractivity contribution in [2.75, 3.05) is 0 Å². The minimum absolute atomic E-state index is 0.649. The molecule has 0 atom stereocenters. The maximum Gasteiger partial charge on any atom is 0.202 e. The van der Waals surface area contributed by atoms with E-state index in [-0.39, 0.29) is 0 Å². The largest absolute Gasteiger partial charge is 0.256 e. The summed E-state index contributed by atoms with van der Waals surface area (Å²) < 4.78 is 0. The van der Waals surface area contributed by atoms with Gasteiger partial charge in [0.25, 0.3) is 0 Å². The van der Waals surface area contributed by atoms with Crippen molar-refractivity contribution >= 4 is 11.2 Å². The van der Waals surface area contributed by atoms with E-state index in [1.807, 2.05) is 42.5 Å². The summed E-state index contributed by atoms with van der Waals surface area (Å²) in [4.78, 5) is 4.40. The van der Waals surface area contributed by atoms with E-state index >= 15 is 0 Å². The van der Waals surface area contributed by atoms with Gasteiger partial charge >= 0.3 is 0 Å². The second-order valence-corrected chi connectivity index (χ2v) is 3.25. The molecule has 0 aliphatic heterocycles. The molecule has 4 nitrogen and oxygen atoms in total. The molecule has 2 heterocycles. The number of aromatic amines is 1. The lowest BCUT2D eigenvalue weighted by molar-refractivity contribution is 0.954. The van der Waals surface area contributed by atoms with Crippen LogP contribution in [0.25, 0.3) is 22.4 Å². The Morgan fingerprint density at radius 3 is 2.67 bits per heavy atom. The highest BCUT2D eigenvalue weighted by molar-refractivity contribution is 5.73. The molecule has 0 saturated heterocycles. The Labute approximate surface area is 86.0 Å². The predicted molar refractivity (Wildman–Crippen MR) is 57.1 cm³/mol. The second-order valence-electron chi connectivity index (χ2n) is 3.25. The highest BCUT2D eigenvalue weighted by atomic mass is 15.3. The van der Waals surface area contributed by atoms with Crippen molar-refractivity contribution in [3.8, 4) is 11.3 Å². The Kier molecular flexibility index (Phi) is 1.71. The molecule has 0 amide bonds. The van der Waals surface area contributed by atoms with Gasteiger partial charge in [0, 0.05) is 5.56 Å². The molecule has 0 unspecified atom stereocenters. The fourth-order valence-electron chi connectivity index (χ4n) is 1.51. The summed E-state index contributed by atoms with van der Waals surface area (Å²) in [7, 11) is 0. The standard InChI is InChI=1S/C11H8N4/c1-2-4-8(5-3-1)9-6-7-10-11(12-9)14-15-13-10/h1-7H,(H,12,13,14,15). The van der Waals surface area contributed by atoms with Gasteiger partial charge in [0.15, 0.2) is 0 Å². The monoisotopic (exact) mass is 196 g/mol. The first-order valence-corrected chi connectivity index (χ1v) is 4.67. The zero-order chi connectivity index (χ0) is 10.1. The molecule has 0 bridgehead atoms. The van der Waals surface area contributed by atoms with Gasteiger partial charge in [-0.15, -0.1) is 5.10 Å². The third-order valence-corrected chi connectivity index (χ3v) is 2.26. The maximum atomic E-state index is 4.40. The summed E-state index contributed by atoms with van der Waals surface area (Å²) in [5.74, 6) is 0. The highest BCUT2D eigenvalue weighted by Crippen LogP contribution is 2.17. The number of nitrogens with zero attached hydrogens (tertiary/aromatic N) is 3. The lowest BCUT2D eigenvalue weighted by Gasteiger charge is -1.98. The van der Waals surface area contributed by atoms with Gasteiger partial charge in [-0.25, -0.2) is 4.98 Å². The van der Waals surface area contributed by atoms with Crippen molar-refractivity contribution in [2.24, 2.45) is 0 Å². The first-order chi connectivity index (χ1) is 7.43. The van der Waals surface area contributed by atoms with Crippen LogP contribution >= 0.6 is 0 Å². The molecule has 0 aliphatic carbocycles. The molecule has 0 aliphatic rings. The third-order valence-electron chi connectivity index (χ3n) is 2.26. The van der Waals surface area contributed by atoms with Crippen LogP contribution in [0.5, 0.6) is 0 Å². The van der Waals surface area contributed by atoms with E-state index in [0.29, 0.717) is 5.65 Å². The average Bonchev–Trinajstić information content (AvgIpc) is 2.77. The molecule has 0 radical (unpaired) electrons. The highest BCUT2D eigenvalue weighted by Gasteiger charge is 2.02. The Balaban J connectivity index is 2.19. The number of aromatic nitrogens is 4. The molecular formula is C11H8N4. The zero-order valence-electron chi connectivity index (χ0n) is 7.88. The van der Waals surface area contributed by atoms with E-state index in [2.05, 4.69) is 20.4 Å². The summed E-state index contributed by atoms with van der Waals surface area (Å²) >= 11 is 0. The van der Waals surface area contributed by atoms with Crippen molar-refractivity contribution in [3.05, 3.63) is 42.5 Å². The molecule has 0 spiro atoms. The van der Waals surface area contributed by atoms with Gasteiger partial charge in [0.2, 0.25) is 5.65 Å². The predicted octanol–water partition coefficient (Wildman–Crippen LogP) is 2.02. The van der Waals surface area contributed by atoms with E-state index in [4.69, 9.17) is 0 Å². The number of benzene rings is 1. The molecule has 3 rings (SSSR count). The summed E-state index contributed by atoms with van der Waals surface area (Å²) in [5.41, 5.74) is 3.51. The molecule has 1 aromatic carbocycles. The number of H-pyrrole nitrogens is 1. The summed E-state index contributed by atoms with van der Waals surface area (Å²) in [6.07, 6.45) is 0. The van der Waals surface area contributed by atoms with Crippen LogP contribution in [0.4, 0.5) is 0 Å². The topological polar surface area (TPSA) is 54.5 Å². The van der Waals surface area contributed by atoms with Gasteiger partial charge in [0.05, 0.1) is 5.69 Å². The van der Waals surface area contributed by atoms with Gasteiger partial charge in [0.1, 0.15) is 5.52 Å². The molecule has 3 aromatic rings. The van der Waals surface area contributed by atoms with Crippen molar-refractivity contribution in [2.45, 2.75) is 0 Å². The van der Waals surface area contributed by atoms with Crippen molar-refractivity contribution in [1.29, 1.82) is 0 Å². The van der Waals surface area contributed by atoms with Crippen LogP contribution in [0.3, 0.4) is 0 Å². The molecule has 0 saturated carbocycles. The summed E-state index contributed by atoms with van der Waals surface area (Å²) in [6.45, 7) is 0. The maximum absolute atomic E-state index is 4.40. The van der Waals surface area contributed by atoms with Crippen LogP contribution in [0, 0.1) is 0 Å². The molecule has 2 aromatic heterocycles. The first-order valence-electron chi connectivity index (χ1n) is 4.67. The van der Waals surface area contributed by atoms with E-state index in [1.54, 1.807) is 0 Å². The number of fused-ring (bicyclic) bond motifs is 1. The molecule has 4 heteroatoms. The summed E-state index contributed by atoms with van der Waals surface area (Å²) in [6, 6.07) is 13.9. The Morgan fingerprint density at radius 1 is 0.933 bits per heavy atom. The zero-order valence-corrected chi connectivity index (χ0v) is 7.88. The fraction of sp³-hybridized carbons (Fsp3) is 0. The molecule has 72 valence electrons. The van der Waals surface area contributed by atoms with Crippen LogP contribution in [0.2, 0.25) is 0 Å². The van der Waals surface area contributed by atoms with Crippen LogP contribution in [0.1, 0.15) is 0 Å². The molecule has 1 N–H and O–H groups in total. The SMILES string of the molecule is c1ccc(-c2ccc3[nH]nnc3n2)cc1.